The fourth-order valence-electron chi connectivity index (χ4n) is 4.87. The van der Waals surface area contributed by atoms with Crippen LogP contribution in [0.3, 0.4) is 0 Å². The zero-order chi connectivity index (χ0) is 24.4. The van der Waals surface area contributed by atoms with E-state index in [4.69, 9.17) is 0 Å². The van der Waals surface area contributed by atoms with Crippen molar-refractivity contribution in [2.45, 2.75) is 44.1 Å². The Balaban J connectivity index is 1.56. The van der Waals surface area contributed by atoms with Gasteiger partial charge in [-0.05, 0) is 36.1 Å². The van der Waals surface area contributed by atoms with E-state index in [0.717, 1.165) is 42.5 Å². The fraction of sp³-hybridized carbons (Fsp3) is 0.259. The highest BCUT2D eigenvalue weighted by molar-refractivity contribution is 6.01. The van der Waals surface area contributed by atoms with Crippen LogP contribution < -0.4 is 5.32 Å². The summed E-state index contributed by atoms with van der Waals surface area (Å²) in [5.74, 6) is -1.81. The van der Waals surface area contributed by atoms with Crippen LogP contribution in [-0.4, -0.2) is 31.6 Å². The monoisotopic (exact) mass is 472 g/mol. The number of nitrogens with zero attached hydrogens (tertiary/aromatic N) is 3. The van der Waals surface area contributed by atoms with Crippen molar-refractivity contribution in [1.82, 2.24) is 19.9 Å². The molecule has 0 bridgehead atoms. The zero-order valence-electron chi connectivity index (χ0n) is 19.0. The van der Waals surface area contributed by atoms with E-state index in [0.29, 0.717) is 11.2 Å². The lowest BCUT2D eigenvalue weighted by atomic mass is 9.84. The summed E-state index contributed by atoms with van der Waals surface area (Å²) in [7, 11) is 0. The quantitative estimate of drug-likeness (QED) is 0.405. The van der Waals surface area contributed by atoms with Gasteiger partial charge in [-0.25, -0.2) is 18.7 Å². The smallest absolute Gasteiger partial charge is 0.330 e. The van der Waals surface area contributed by atoms with Gasteiger partial charge < -0.3 is 10.4 Å². The number of benzene rings is 2. The Hall–Kier alpha value is -4.07. The largest absolute Gasteiger partial charge is 0.479 e. The van der Waals surface area contributed by atoms with Gasteiger partial charge >= 0.3 is 5.97 Å². The summed E-state index contributed by atoms with van der Waals surface area (Å²) in [5, 5.41) is 16.8. The molecule has 2 heterocycles. The van der Waals surface area contributed by atoms with E-state index >= 15 is 0 Å². The predicted molar refractivity (Wildman–Crippen MR) is 128 cm³/mol. The Morgan fingerprint density at radius 2 is 1.71 bits per heavy atom. The first kappa shape index (κ1) is 22.7. The van der Waals surface area contributed by atoms with E-state index < -0.39 is 17.9 Å². The van der Waals surface area contributed by atoms with Crippen LogP contribution in [0.15, 0.2) is 67.0 Å². The lowest BCUT2D eigenvalue weighted by molar-refractivity contribution is -0.139. The van der Waals surface area contributed by atoms with E-state index in [-0.39, 0.29) is 17.3 Å². The number of carboxylic acids is 1. The number of aliphatic carboxylic acids is 1. The van der Waals surface area contributed by atoms with Gasteiger partial charge in [0.25, 0.3) is 5.91 Å². The maximum atomic E-state index is 13.6. The van der Waals surface area contributed by atoms with E-state index in [1.54, 1.807) is 53.2 Å². The Kier molecular flexibility index (Phi) is 6.27. The second kappa shape index (κ2) is 9.66. The maximum absolute atomic E-state index is 13.6. The predicted octanol–water partition coefficient (Wildman–Crippen LogP) is 5.14. The summed E-state index contributed by atoms with van der Waals surface area (Å²) in [4.78, 5) is 29.6. The fourth-order valence-corrected chi connectivity index (χ4v) is 4.87. The molecule has 0 unspecified atom stereocenters. The van der Waals surface area contributed by atoms with Crippen molar-refractivity contribution >= 4 is 17.5 Å². The highest BCUT2D eigenvalue weighted by Gasteiger charge is 2.28. The standard InChI is InChI=1S/C27H25FN4O3/c28-20-13-11-17(12-14-20)21-15-29-25-22(16-30-32(25)24(21)19-9-5-2-6-10-19)26(33)31-23(27(34)35)18-7-3-1-4-8-18/h1,3-4,7-8,11-16,19,23H,2,5-6,9-10H2,(H,31,33)(H,34,35)/t23-/m0/s1. The van der Waals surface area contributed by atoms with E-state index in [1.165, 1.54) is 24.8 Å². The molecule has 2 N–H and O–H groups in total. The van der Waals surface area contributed by atoms with Gasteiger partial charge in [0.2, 0.25) is 0 Å². The van der Waals surface area contributed by atoms with Crippen molar-refractivity contribution in [1.29, 1.82) is 0 Å². The van der Waals surface area contributed by atoms with Crippen molar-refractivity contribution in [2.24, 2.45) is 0 Å². The lowest BCUT2D eigenvalue weighted by Crippen LogP contribution is -2.33. The molecule has 1 aliphatic carbocycles. The maximum Gasteiger partial charge on any atom is 0.330 e. The molecule has 1 saturated carbocycles. The molecule has 5 rings (SSSR count). The van der Waals surface area contributed by atoms with Crippen LogP contribution in [0, 0.1) is 5.82 Å². The summed E-state index contributed by atoms with van der Waals surface area (Å²) in [6, 6.07) is 13.6. The third kappa shape index (κ3) is 4.51. The average molecular weight is 473 g/mol. The first-order chi connectivity index (χ1) is 17.0. The molecule has 0 saturated heterocycles. The molecular formula is C27H25FN4O3. The Labute approximate surface area is 201 Å². The number of carboxylic acid groups (broad SMARTS) is 1. The molecule has 1 fully saturated rings. The highest BCUT2D eigenvalue weighted by atomic mass is 19.1. The molecular weight excluding hydrogens is 447 g/mol. The molecule has 0 aliphatic heterocycles. The number of amides is 1. The second-order valence-electron chi connectivity index (χ2n) is 8.85. The van der Waals surface area contributed by atoms with Gasteiger partial charge in [0.05, 0.1) is 11.9 Å². The van der Waals surface area contributed by atoms with Crippen molar-refractivity contribution in [2.75, 3.05) is 0 Å². The minimum Gasteiger partial charge on any atom is -0.479 e. The molecule has 0 radical (unpaired) electrons. The summed E-state index contributed by atoms with van der Waals surface area (Å²) in [6.07, 6.45) is 8.50. The number of fused-ring (bicyclic) bond motifs is 1. The molecule has 2 aromatic heterocycles. The van der Waals surface area contributed by atoms with Crippen LogP contribution in [0.5, 0.6) is 0 Å². The summed E-state index contributed by atoms with van der Waals surface area (Å²) in [6.45, 7) is 0. The highest BCUT2D eigenvalue weighted by Crippen LogP contribution is 2.38. The minimum atomic E-state index is -1.20. The van der Waals surface area contributed by atoms with Crippen LogP contribution in [0.4, 0.5) is 4.39 Å². The summed E-state index contributed by atoms with van der Waals surface area (Å²) < 4.78 is 15.3. The molecule has 7 nitrogen and oxygen atoms in total. The van der Waals surface area contributed by atoms with Crippen LogP contribution in [0.2, 0.25) is 0 Å². The van der Waals surface area contributed by atoms with Crippen LogP contribution >= 0.6 is 0 Å². The normalized spacial score (nSPS) is 15.1. The van der Waals surface area contributed by atoms with E-state index in [2.05, 4.69) is 15.4 Å². The molecule has 8 heteroatoms. The number of aromatic nitrogens is 3. The number of carbonyl (C=O) groups excluding carboxylic acids is 1. The average Bonchev–Trinajstić information content (AvgIpc) is 3.32. The van der Waals surface area contributed by atoms with Gasteiger partial charge in [-0.1, -0.05) is 61.7 Å². The second-order valence-corrected chi connectivity index (χ2v) is 8.85. The summed E-state index contributed by atoms with van der Waals surface area (Å²) in [5.41, 5.74) is 3.67. The Bertz CT molecular complexity index is 1360. The number of rotatable bonds is 6. The van der Waals surface area contributed by atoms with Gasteiger partial charge in [0.1, 0.15) is 11.4 Å². The molecule has 35 heavy (non-hydrogen) atoms. The van der Waals surface area contributed by atoms with Crippen molar-refractivity contribution in [3.05, 3.63) is 89.6 Å². The molecule has 0 spiro atoms. The van der Waals surface area contributed by atoms with Crippen molar-refractivity contribution in [3.8, 4) is 11.1 Å². The van der Waals surface area contributed by atoms with Gasteiger partial charge in [-0.2, -0.15) is 5.10 Å². The number of hydrogen-bond acceptors (Lipinski definition) is 4. The van der Waals surface area contributed by atoms with Crippen LogP contribution in [0.25, 0.3) is 16.8 Å². The summed E-state index contributed by atoms with van der Waals surface area (Å²) >= 11 is 0. The Morgan fingerprint density at radius 1 is 1.00 bits per heavy atom. The molecule has 2 aromatic carbocycles. The first-order valence-electron chi connectivity index (χ1n) is 11.7. The van der Waals surface area contributed by atoms with Crippen molar-refractivity contribution in [3.63, 3.8) is 0 Å². The third-order valence-corrected chi connectivity index (χ3v) is 6.61. The molecule has 4 aromatic rings. The van der Waals surface area contributed by atoms with Crippen molar-refractivity contribution < 1.29 is 19.1 Å². The number of nitrogens with one attached hydrogen (secondary N) is 1. The van der Waals surface area contributed by atoms with Crippen LogP contribution in [0.1, 0.15) is 65.7 Å². The number of carbonyl (C=O) groups is 2. The molecule has 178 valence electrons. The third-order valence-electron chi connectivity index (χ3n) is 6.61. The van der Waals surface area contributed by atoms with Gasteiger partial charge in [0.15, 0.2) is 11.7 Å². The number of halogens is 1. The van der Waals surface area contributed by atoms with Gasteiger partial charge in [-0.3, -0.25) is 4.79 Å². The van der Waals surface area contributed by atoms with Gasteiger partial charge in [0, 0.05) is 17.7 Å². The van der Waals surface area contributed by atoms with Crippen LogP contribution in [-0.2, 0) is 4.79 Å². The van der Waals surface area contributed by atoms with Gasteiger partial charge in [-0.15, -0.1) is 0 Å². The minimum absolute atomic E-state index is 0.204. The SMILES string of the molecule is O=C(N[C@H](C(=O)O)c1ccccc1)c1cnn2c(C3CCCCC3)c(-c3ccc(F)cc3)cnc12. The first-order valence-corrected chi connectivity index (χ1v) is 11.7. The van der Waals surface area contributed by atoms with E-state index in [9.17, 15) is 19.1 Å². The number of hydrogen-bond donors (Lipinski definition) is 2. The molecule has 1 aliphatic rings. The zero-order valence-corrected chi connectivity index (χ0v) is 19.0. The topological polar surface area (TPSA) is 96.6 Å². The molecule has 1 atom stereocenters. The van der Waals surface area contributed by atoms with E-state index in [1.807, 2.05) is 0 Å². The molecule has 1 amide bonds. The Morgan fingerprint density at radius 3 is 2.40 bits per heavy atom. The lowest BCUT2D eigenvalue weighted by Gasteiger charge is -2.25.